The summed E-state index contributed by atoms with van der Waals surface area (Å²) in [6.45, 7) is 2.38. The highest BCUT2D eigenvalue weighted by Crippen LogP contribution is 2.24. The summed E-state index contributed by atoms with van der Waals surface area (Å²) in [5, 5.41) is 1.76. The van der Waals surface area contributed by atoms with Gasteiger partial charge < -0.3 is 5.32 Å². The number of benzene rings is 1. The van der Waals surface area contributed by atoms with E-state index in [1.54, 1.807) is 18.2 Å². The van der Waals surface area contributed by atoms with Gasteiger partial charge >= 0.3 is 6.18 Å². The van der Waals surface area contributed by atoms with Crippen LogP contribution in [-0.2, 0) is 11.3 Å². The Morgan fingerprint density at radius 1 is 1.42 bits per heavy atom. The van der Waals surface area contributed by atoms with Crippen LogP contribution in [0.1, 0.15) is 20.3 Å². The van der Waals surface area contributed by atoms with Crippen LogP contribution in [-0.4, -0.2) is 33.4 Å². The number of rotatable bonds is 6. The zero-order chi connectivity index (χ0) is 19.5. The van der Waals surface area contributed by atoms with Crippen molar-refractivity contribution in [3.05, 3.63) is 33.0 Å². The third kappa shape index (κ3) is 5.23. The van der Waals surface area contributed by atoms with Crippen LogP contribution in [0, 0.1) is 0 Å². The van der Waals surface area contributed by atoms with Crippen molar-refractivity contribution >= 4 is 44.5 Å². The normalized spacial score (nSPS) is 13.0. The minimum absolute atomic E-state index is 0.247. The van der Waals surface area contributed by atoms with Gasteiger partial charge in [-0.15, -0.1) is 0 Å². The van der Waals surface area contributed by atoms with E-state index < -0.39 is 23.9 Å². The summed E-state index contributed by atoms with van der Waals surface area (Å²) in [4.78, 5) is 29.1. The molecule has 1 aromatic carbocycles. The number of amides is 1. The van der Waals surface area contributed by atoms with Crippen LogP contribution in [0.15, 0.2) is 32.6 Å². The van der Waals surface area contributed by atoms with Crippen LogP contribution in [0.5, 0.6) is 0 Å². The number of thioether (sulfide) groups is 1. The minimum atomic E-state index is -4.47. The third-order valence-electron chi connectivity index (χ3n) is 3.44. The topological polar surface area (TPSA) is 64.0 Å². The number of hydrogen-bond donors (Lipinski definition) is 1. The summed E-state index contributed by atoms with van der Waals surface area (Å²) in [7, 11) is 0. The number of halogens is 4. The van der Waals surface area contributed by atoms with Gasteiger partial charge in [-0.25, -0.2) is 4.98 Å². The van der Waals surface area contributed by atoms with Gasteiger partial charge in [-0.05, 0) is 31.5 Å². The summed E-state index contributed by atoms with van der Waals surface area (Å²) in [6.07, 6.45) is -3.80. The molecule has 0 aliphatic heterocycles. The first-order valence-corrected chi connectivity index (χ1v) is 9.51. The number of alkyl halides is 3. The summed E-state index contributed by atoms with van der Waals surface area (Å²) < 4.78 is 38.9. The lowest BCUT2D eigenvalue weighted by atomic mass is 10.2. The predicted octanol–water partition coefficient (Wildman–Crippen LogP) is 3.73. The average molecular weight is 452 g/mol. The van der Waals surface area contributed by atoms with Gasteiger partial charge in [-0.2, -0.15) is 13.2 Å². The fourth-order valence-electron chi connectivity index (χ4n) is 2.23. The van der Waals surface area contributed by atoms with E-state index in [2.05, 4.69) is 20.9 Å². The Hall–Kier alpha value is -1.55. The molecule has 1 atom stereocenters. The maximum atomic E-state index is 12.7. The summed E-state index contributed by atoms with van der Waals surface area (Å²) in [5.74, 6) is -0.763. The largest absolute Gasteiger partial charge is 0.405 e. The molecule has 1 amide bonds. The van der Waals surface area contributed by atoms with Crippen LogP contribution in [0.4, 0.5) is 13.2 Å². The average Bonchev–Trinajstić information content (AvgIpc) is 2.56. The molecule has 0 fully saturated rings. The minimum Gasteiger partial charge on any atom is -0.346 e. The van der Waals surface area contributed by atoms with Gasteiger partial charge in [0.15, 0.2) is 5.16 Å². The van der Waals surface area contributed by atoms with Crippen LogP contribution in [0.25, 0.3) is 10.9 Å². The van der Waals surface area contributed by atoms with Crippen LogP contribution >= 0.6 is 27.7 Å². The lowest BCUT2D eigenvalue weighted by molar-refractivity contribution is -0.137. The molecule has 0 bridgehead atoms. The zero-order valence-corrected chi connectivity index (χ0v) is 16.5. The van der Waals surface area contributed by atoms with Gasteiger partial charge in [-0.3, -0.25) is 14.2 Å². The Bertz CT molecular complexity index is 870. The number of fused-ring (bicyclic) bond motifs is 1. The molecule has 0 saturated carbocycles. The summed E-state index contributed by atoms with van der Waals surface area (Å²) in [6, 6.07) is 5.09. The quantitative estimate of drug-likeness (QED) is 0.536. The number of nitrogens with zero attached hydrogens (tertiary/aromatic N) is 2. The van der Waals surface area contributed by atoms with Gasteiger partial charge in [-0.1, -0.05) is 34.6 Å². The molecule has 1 unspecified atom stereocenters. The zero-order valence-electron chi connectivity index (χ0n) is 14.1. The Labute approximate surface area is 160 Å². The van der Waals surface area contributed by atoms with Crippen LogP contribution in [0.3, 0.4) is 0 Å². The molecule has 26 heavy (non-hydrogen) atoms. The summed E-state index contributed by atoms with van der Waals surface area (Å²) in [5.41, 5.74) is 0.222. The van der Waals surface area contributed by atoms with Gasteiger partial charge in [0.1, 0.15) is 6.54 Å². The van der Waals surface area contributed by atoms with Gasteiger partial charge in [0.2, 0.25) is 5.91 Å². The first-order valence-electron chi connectivity index (χ1n) is 7.83. The molecule has 0 saturated heterocycles. The molecule has 0 aliphatic rings. The molecule has 142 valence electrons. The fourth-order valence-corrected chi connectivity index (χ4v) is 3.55. The van der Waals surface area contributed by atoms with Crippen molar-refractivity contribution in [3.8, 4) is 0 Å². The van der Waals surface area contributed by atoms with Crippen molar-refractivity contribution in [1.82, 2.24) is 14.9 Å². The third-order valence-corrected chi connectivity index (χ3v) is 5.03. The molecule has 0 spiro atoms. The van der Waals surface area contributed by atoms with Crippen molar-refractivity contribution in [1.29, 1.82) is 0 Å². The molecule has 0 aliphatic carbocycles. The van der Waals surface area contributed by atoms with E-state index >= 15 is 0 Å². The SMILES string of the molecule is CCCn1c(SC(C)C(=O)NCC(F)(F)F)nc2ccc(Br)cc2c1=O. The molecule has 1 aromatic heterocycles. The van der Waals surface area contributed by atoms with E-state index in [0.717, 1.165) is 16.2 Å². The van der Waals surface area contributed by atoms with Crippen molar-refractivity contribution in [3.63, 3.8) is 0 Å². The molecule has 2 rings (SSSR count). The van der Waals surface area contributed by atoms with Crippen molar-refractivity contribution in [2.45, 2.75) is 43.4 Å². The van der Waals surface area contributed by atoms with Crippen LogP contribution < -0.4 is 10.9 Å². The number of hydrogen-bond acceptors (Lipinski definition) is 4. The highest BCUT2D eigenvalue weighted by atomic mass is 79.9. The summed E-state index contributed by atoms with van der Waals surface area (Å²) >= 11 is 4.28. The van der Waals surface area contributed by atoms with E-state index in [0.29, 0.717) is 29.0 Å². The van der Waals surface area contributed by atoms with Gasteiger partial charge in [0, 0.05) is 11.0 Å². The highest BCUT2D eigenvalue weighted by molar-refractivity contribution is 9.10. The van der Waals surface area contributed by atoms with Gasteiger partial charge in [0.05, 0.1) is 16.2 Å². The Kier molecular flexibility index (Phi) is 6.73. The second-order valence-electron chi connectivity index (χ2n) is 5.61. The van der Waals surface area contributed by atoms with E-state index in [-0.39, 0.29) is 5.56 Å². The second-order valence-corrected chi connectivity index (χ2v) is 7.83. The molecular weight excluding hydrogens is 435 g/mol. The standard InChI is InChI=1S/C16H17BrF3N3O2S/c1-3-6-23-14(25)11-7-10(17)4-5-12(11)22-15(23)26-9(2)13(24)21-8-16(18,19)20/h4-5,7,9H,3,6,8H2,1-2H3,(H,21,24). The first-order chi connectivity index (χ1) is 12.1. The number of nitrogens with one attached hydrogen (secondary N) is 1. The number of carbonyl (C=O) groups excluding carboxylic acids is 1. The molecule has 5 nitrogen and oxygen atoms in total. The fraction of sp³-hybridized carbons (Fsp3) is 0.438. The second kappa shape index (κ2) is 8.43. The van der Waals surface area contributed by atoms with Gasteiger partial charge in [0.25, 0.3) is 5.56 Å². The highest BCUT2D eigenvalue weighted by Gasteiger charge is 2.29. The maximum Gasteiger partial charge on any atom is 0.405 e. The maximum absolute atomic E-state index is 12.7. The molecule has 1 heterocycles. The lowest BCUT2D eigenvalue weighted by Gasteiger charge is -2.16. The molecular formula is C16H17BrF3N3O2S. The first kappa shape index (κ1) is 20.8. The van der Waals surface area contributed by atoms with Crippen molar-refractivity contribution in [2.75, 3.05) is 6.54 Å². The number of carbonyl (C=O) groups is 1. The van der Waals surface area contributed by atoms with E-state index in [1.807, 2.05) is 12.2 Å². The molecule has 10 heteroatoms. The van der Waals surface area contributed by atoms with Crippen LogP contribution in [0.2, 0.25) is 0 Å². The smallest absolute Gasteiger partial charge is 0.346 e. The Balaban J connectivity index is 2.33. The van der Waals surface area contributed by atoms with Crippen molar-refractivity contribution < 1.29 is 18.0 Å². The molecule has 0 radical (unpaired) electrons. The molecule has 2 aromatic rings. The van der Waals surface area contributed by atoms with E-state index in [4.69, 9.17) is 0 Å². The Morgan fingerprint density at radius 3 is 2.73 bits per heavy atom. The monoisotopic (exact) mass is 451 g/mol. The predicted molar refractivity (Wildman–Crippen MR) is 98.4 cm³/mol. The lowest BCUT2D eigenvalue weighted by Crippen LogP contribution is -2.38. The van der Waals surface area contributed by atoms with E-state index in [9.17, 15) is 22.8 Å². The van der Waals surface area contributed by atoms with Crippen molar-refractivity contribution in [2.24, 2.45) is 0 Å². The molecule has 1 N–H and O–H groups in total. The number of aromatic nitrogens is 2. The van der Waals surface area contributed by atoms with E-state index in [1.165, 1.54) is 11.5 Å². The Morgan fingerprint density at radius 2 is 2.12 bits per heavy atom.